The molecule has 1 atom stereocenters. The summed E-state index contributed by atoms with van der Waals surface area (Å²) in [6.45, 7) is 8.09. The van der Waals surface area contributed by atoms with Crippen LogP contribution in [0.15, 0.2) is 127 Å². The van der Waals surface area contributed by atoms with E-state index in [1.54, 1.807) is 0 Å². The van der Waals surface area contributed by atoms with Crippen molar-refractivity contribution in [3.05, 3.63) is 155 Å². The fourth-order valence-corrected chi connectivity index (χ4v) is 4.66. The summed E-state index contributed by atoms with van der Waals surface area (Å²) in [7, 11) is 0. The highest BCUT2D eigenvalue weighted by Gasteiger charge is 2.14. The van der Waals surface area contributed by atoms with Crippen molar-refractivity contribution in [2.45, 2.75) is 34.0 Å². The molecule has 0 aliphatic carbocycles. The summed E-state index contributed by atoms with van der Waals surface area (Å²) in [4.78, 5) is 2.29. The van der Waals surface area contributed by atoms with E-state index in [-0.39, 0.29) is 5.92 Å². The minimum absolute atomic E-state index is 0.0189. The van der Waals surface area contributed by atoms with Gasteiger partial charge < -0.3 is 14.7 Å². The lowest BCUT2D eigenvalue weighted by Gasteiger charge is -2.26. The monoisotopic (exact) mass is 539 g/mol. The van der Waals surface area contributed by atoms with Gasteiger partial charge in [-0.25, -0.2) is 0 Å². The molecule has 5 rings (SSSR count). The summed E-state index contributed by atoms with van der Waals surface area (Å²) in [5, 5.41) is 10.1. The average Bonchev–Trinajstić information content (AvgIpc) is 2.99. The lowest BCUT2D eigenvalue weighted by atomic mass is 9.95. The molecule has 0 aromatic heterocycles. The van der Waals surface area contributed by atoms with Gasteiger partial charge >= 0.3 is 0 Å². The number of benzene rings is 5. The van der Waals surface area contributed by atoms with Gasteiger partial charge in [0.25, 0.3) is 0 Å². The van der Waals surface area contributed by atoms with Gasteiger partial charge in [0.1, 0.15) is 5.75 Å². The second-order valence-corrected chi connectivity index (χ2v) is 10.8. The number of hydrogen-bond acceptors (Lipinski definition) is 3. The zero-order valence-electron chi connectivity index (χ0n) is 24.2. The molecule has 0 saturated carbocycles. The van der Waals surface area contributed by atoms with Gasteiger partial charge in [-0.2, -0.15) is 0 Å². The van der Waals surface area contributed by atoms with Crippen LogP contribution in [-0.2, 0) is 0 Å². The van der Waals surface area contributed by atoms with Crippen LogP contribution in [-0.4, -0.2) is 11.4 Å². The zero-order chi connectivity index (χ0) is 28.8. The van der Waals surface area contributed by atoms with Crippen molar-refractivity contribution in [1.82, 2.24) is 0 Å². The number of nitrogens with zero attached hydrogens (tertiary/aromatic N) is 1. The summed E-state index contributed by atoms with van der Waals surface area (Å²) in [5.74, 6) is 0.671. The summed E-state index contributed by atoms with van der Waals surface area (Å²) in [6.07, 6.45) is 1.39. The van der Waals surface area contributed by atoms with E-state index in [1.807, 2.05) is 44.2 Å². The fraction of sp³-hybridized carbons (Fsp3) is 0.158. The molecule has 0 aliphatic rings. The van der Waals surface area contributed by atoms with E-state index in [2.05, 4.69) is 122 Å². The normalized spacial score (nSPS) is 12.3. The van der Waals surface area contributed by atoms with Crippen LogP contribution >= 0.6 is 0 Å². The third-order valence-corrected chi connectivity index (χ3v) is 7.12. The van der Waals surface area contributed by atoms with Gasteiger partial charge in [0.15, 0.2) is 6.29 Å². The lowest BCUT2D eigenvalue weighted by molar-refractivity contribution is -0.0515. The van der Waals surface area contributed by atoms with Crippen molar-refractivity contribution in [1.29, 1.82) is 0 Å². The Hall–Kier alpha value is -4.60. The smallest absolute Gasteiger partial charge is 0.199 e. The summed E-state index contributed by atoms with van der Waals surface area (Å²) < 4.78 is 5.69. The number of aryl methyl sites for hydroxylation is 2. The molecule has 5 aromatic rings. The van der Waals surface area contributed by atoms with E-state index < -0.39 is 6.29 Å². The molecule has 3 nitrogen and oxygen atoms in total. The zero-order valence-corrected chi connectivity index (χ0v) is 24.2. The molecule has 0 bridgehead atoms. The molecular weight excluding hydrogens is 502 g/mol. The van der Waals surface area contributed by atoms with Crippen LogP contribution in [0.1, 0.15) is 41.7 Å². The van der Waals surface area contributed by atoms with Crippen molar-refractivity contribution in [2.75, 3.05) is 4.90 Å². The maximum absolute atomic E-state index is 10.1. The van der Waals surface area contributed by atoms with Gasteiger partial charge in [-0.1, -0.05) is 104 Å². The topological polar surface area (TPSA) is 32.7 Å². The van der Waals surface area contributed by atoms with Gasteiger partial charge in [-0.15, -0.1) is 0 Å². The van der Waals surface area contributed by atoms with E-state index in [0.717, 1.165) is 39.3 Å². The van der Waals surface area contributed by atoms with Gasteiger partial charge in [-0.05, 0) is 90.7 Å². The van der Waals surface area contributed by atoms with Crippen LogP contribution in [0.4, 0.5) is 17.1 Å². The van der Waals surface area contributed by atoms with Gasteiger partial charge in [0.05, 0.1) is 0 Å². The van der Waals surface area contributed by atoms with Crippen LogP contribution in [0.25, 0.3) is 11.6 Å². The van der Waals surface area contributed by atoms with Gasteiger partial charge in [-0.3, -0.25) is 0 Å². The van der Waals surface area contributed by atoms with Gasteiger partial charge in [0.2, 0.25) is 0 Å². The highest BCUT2D eigenvalue weighted by molar-refractivity contribution is 5.92. The van der Waals surface area contributed by atoms with E-state index in [9.17, 15) is 5.11 Å². The number of aliphatic hydroxyl groups excluding tert-OH is 1. The Morgan fingerprint density at radius 3 is 1.56 bits per heavy atom. The first-order chi connectivity index (χ1) is 19.9. The Morgan fingerprint density at radius 1 is 0.610 bits per heavy atom. The molecule has 0 amide bonds. The first-order valence-electron chi connectivity index (χ1n) is 14.1. The molecule has 0 radical (unpaired) electrons. The quantitative estimate of drug-likeness (QED) is 0.149. The third kappa shape index (κ3) is 6.95. The molecule has 0 fully saturated rings. The second-order valence-electron chi connectivity index (χ2n) is 10.8. The lowest BCUT2D eigenvalue weighted by Crippen LogP contribution is -2.21. The Balaban J connectivity index is 1.49. The minimum Gasteiger partial charge on any atom is -0.465 e. The molecule has 0 aliphatic heterocycles. The molecule has 5 aromatic carbocycles. The highest BCUT2D eigenvalue weighted by atomic mass is 16.6. The second kappa shape index (κ2) is 12.7. The largest absolute Gasteiger partial charge is 0.465 e. The summed E-state index contributed by atoms with van der Waals surface area (Å²) >= 11 is 0. The predicted octanol–water partition coefficient (Wildman–Crippen LogP) is 9.72. The van der Waals surface area contributed by atoms with Crippen LogP contribution < -0.4 is 9.64 Å². The number of aliphatic hydroxyl groups is 1. The van der Waals surface area contributed by atoms with Crippen LogP contribution in [0, 0.1) is 19.8 Å². The first-order valence-corrected chi connectivity index (χ1v) is 14.1. The van der Waals surface area contributed by atoms with E-state index in [0.29, 0.717) is 5.75 Å². The number of rotatable bonds is 9. The van der Waals surface area contributed by atoms with E-state index in [4.69, 9.17) is 4.74 Å². The number of anilines is 3. The third-order valence-electron chi connectivity index (χ3n) is 7.12. The predicted molar refractivity (Wildman–Crippen MR) is 172 cm³/mol. The van der Waals surface area contributed by atoms with Crippen molar-refractivity contribution in [3.8, 4) is 5.75 Å². The van der Waals surface area contributed by atoms with Crippen LogP contribution in [0.5, 0.6) is 5.75 Å². The Morgan fingerprint density at radius 2 is 1.07 bits per heavy atom. The molecule has 3 heteroatoms. The summed E-state index contributed by atoms with van der Waals surface area (Å²) in [6, 6.07) is 44.3. The Bertz CT molecular complexity index is 1520. The summed E-state index contributed by atoms with van der Waals surface area (Å²) in [5.41, 5.74) is 10.3. The molecule has 0 spiro atoms. The Labute approximate surface area is 244 Å². The fourth-order valence-electron chi connectivity index (χ4n) is 4.66. The van der Waals surface area contributed by atoms with Crippen molar-refractivity contribution in [2.24, 2.45) is 5.92 Å². The SMILES string of the molecule is Cc1ccc(N(c2ccc(C)cc2)c2ccc(C=C(c3ccccc3)c3ccc(OC(O)C(C)C)cc3)cc2)cc1. The Kier molecular flexibility index (Phi) is 8.67. The number of hydrogen-bond donors (Lipinski definition) is 1. The molecule has 206 valence electrons. The van der Waals surface area contributed by atoms with Crippen molar-refractivity contribution in [3.63, 3.8) is 0 Å². The molecule has 0 saturated heterocycles. The molecule has 1 N–H and O–H groups in total. The maximum Gasteiger partial charge on any atom is 0.199 e. The first kappa shape index (κ1) is 27.9. The molecule has 41 heavy (non-hydrogen) atoms. The van der Waals surface area contributed by atoms with Crippen molar-refractivity contribution < 1.29 is 9.84 Å². The van der Waals surface area contributed by atoms with Gasteiger partial charge in [0, 0.05) is 23.0 Å². The van der Waals surface area contributed by atoms with Crippen molar-refractivity contribution >= 4 is 28.7 Å². The maximum atomic E-state index is 10.1. The standard InChI is InChI=1S/C38H37NO2/c1-27(2)38(40)41-36-24-16-32(17-25-36)37(31-8-6-5-7-9-31)26-30-14-22-35(23-15-30)39(33-18-10-28(3)11-19-33)34-20-12-29(4)13-21-34/h5-27,38,40H,1-4H3. The molecule has 1 unspecified atom stereocenters. The van der Waals surface area contributed by atoms with Crippen LogP contribution in [0.2, 0.25) is 0 Å². The number of ether oxygens (including phenoxy) is 1. The highest BCUT2D eigenvalue weighted by Crippen LogP contribution is 2.35. The average molecular weight is 540 g/mol. The van der Waals surface area contributed by atoms with E-state index >= 15 is 0 Å². The van der Waals surface area contributed by atoms with E-state index in [1.165, 1.54) is 11.1 Å². The molecular formula is C38H37NO2. The van der Waals surface area contributed by atoms with Crippen LogP contribution in [0.3, 0.4) is 0 Å². The molecule has 0 heterocycles. The minimum atomic E-state index is -0.831.